The largest absolute Gasteiger partial charge is 0.494 e. The van der Waals surface area contributed by atoms with Crippen molar-refractivity contribution in [2.45, 2.75) is 26.3 Å². The first kappa shape index (κ1) is 23.0. The Bertz CT molecular complexity index is 1220. The highest BCUT2D eigenvalue weighted by Crippen LogP contribution is 2.27. The Morgan fingerprint density at radius 1 is 0.939 bits per heavy atom. The van der Waals surface area contributed by atoms with Crippen LogP contribution >= 0.6 is 11.3 Å². The molecule has 0 atom stereocenters. The smallest absolute Gasteiger partial charge is 0.260 e. The lowest BCUT2D eigenvalue weighted by atomic mass is 9.91. The van der Waals surface area contributed by atoms with Gasteiger partial charge < -0.3 is 14.0 Å². The summed E-state index contributed by atoms with van der Waals surface area (Å²) in [6.45, 7) is 6.36. The number of benzene rings is 3. The fourth-order valence-corrected chi connectivity index (χ4v) is 4.93. The third kappa shape index (κ3) is 5.41. The van der Waals surface area contributed by atoms with Gasteiger partial charge in [-0.15, -0.1) is 0 Å². The Labute approximate surface area is 198 Å². The Morgan fingerprint density at radius 3 is 2.21 bits per heavy atom. The normalized spacial score (nSPS) is 11.9. The lowest BCUT2D eigenvalue weighted by molar-refractivity contribution is -0.118. The highest BCUT2D eigenvalue weighted by Gasteiger charge is 2.22. The van der Waals surface area contributed by atoms with E-state index in [1.807, 2.05) is 92.7 Å². The summed E-state index contributed by atoms with van der Waals surface area (Å²) in [6, 6.07) is 25.6. The molecule has 0 bridgehead atoms. The van der Waals surface area contributed by atoms with Crippen molar-refractivity contribution in [3.63, 3.8) is 0 Å². The molecule has 0 aliphatic rings. The molecule has 6 heteroatoms. The second-order valence-electron chi connectivity index (χ2n) is 7.50. The van der Waals surface area contributed by atoms with Crippen molar-refractivity contribution in [2.24, 2.45) is 4.99 Å². The molecule has 0 spiro atoms. The maximum atomic E-state index is 13.6. The number of fused-ring (bicyclic) bond motifs is 1. The first-order valence-corrected chi connectivity index (χ1v) is 12.0. The number of ether oxygens (including phenoxy) is 2. The highest BCUT2D eigenvalue weighted by molar-refractivity contribution is 7.16. The van der Waals surface area contributed by atoms with Crippen LogP contribution in [0.2, 0.25) is 0 Å². The fourth-order valence-electron chi connectivity index (χ4n) is 3.84. The minimum atomic E-state index is -0.461. The molecule has 1 amide bonds. The van der Waals surface area contributed by atoms with E-state index in [0.717, 1.165) is 27.1 Å². The van der Waals surface area contributed by atoms with Crippen LogP contribution in [0.15, 0.2) is 83.9 Å². The number of aromatic nitrogens is 1. The molecule has 0 saturated heterocycles. The number of carbonyl (C=O) groups is 1. The van der Waals surface area contributed by atoms with Gasteiger partial charge in [-0.1, -0.05) is 72.0 Å². The maximum absolute atomic E-state index is 13.6. The average molecular weight is 461 g/mol. The van der Waals surface area contributed by atoms with E-state index >= 15 is 0 Å². The molecular formula is C27H28N2O3S. The predicted octanol–water partition coefficient (Wildman–Crippen LogP) is 5.40. The van der Waals surface area contributed by atoms with Crippen LogP contribution in [0, 0.1) is 0 Å². The Morgan fingerprint density at radius 2 is 1.61 bits per heavy atom. The fraction of sp³-hybridized carbons (Fsp3) is 0.259. The molecule has 0 N–H and O–H groups in total. The van der Waals surface area contributed by atoms with E-state index in [1.165, 1.54) is 11.3 Å². The van der Waals surface area contributed by atoms with Crippen LogP contribution in [0.4, 0.5) is 0 Å². The summed E-state index contributed by atoms with van der Waals surface area (Å²) >= 11 is 1.50. The zero-order valence-electron chi connectivity index (χ0n) is 18.9. The Hall–Kier alpha value is -3.22. The molecule has 1 heterocycles. The summed E-state index contributed by atoms with van der Waals surface area (Å²) in [7, 11) is 0. The predicted molar refractivity (Wildman–Crippen MR) is 133 cm³/mol. The van der Waals surface area contributed by atoms with Crippen molar-refractivity contribution >= 4 is 27.5 Å². The van der Waals surface area contributed by atoms with Crippen molar-refractivity contribution in [3.8, 4) is 5.75 Å². The van der Waals surface area contributed by atoms with Crippen molar-refractivity contribution < 1.29 is 14.3 Å². The quantitative estimate of drug-likeness (QED) is 0.314. The van der Waals surface area contributed by atoms with Crippen LogP contribution < -0.4 is 9.54 Å². The van der Waals surface area contributed by atoms with Crippen molar-refractivity contribution in [2.75, 3.05) is 19.8 Å². The molecule has 5 nitrogen and oxygen atoms in total. The van der Waals surface area contributed by atoms with Crippen LogP contribution in [0.25, 0.3) is 10.2 Å². The number of rotatable bonds is 9. The summed E-state index contributed by atoms with van der Waals surface area (Å²) in [4.78, 5) is 18.9. The summed E-state index contributed by atoms with van der Waals surface area (Å²) < 4.78 is 14.4. The summed E-state index contributed by atoms with van der Waals surface area (Å²) in [6.07, 6.45) is 0. The minimum absolute atomic E-state index is 0.186. The van der Waals surface area contributed by atoms with Crippen LogP contribution in [-0.4, -0.2) is 30.3 Å². The zero-order valence-corrected chi connectivity index (χ0v) is 19.8. The average Bonchev–Trinajstić information content (AvgIpc) is 3.17. The van der Waals surface area contributed by atoms with Crippen LogP contribution in [0.3, 0.4) is 0 Å². The molecule has 0 fully saturated rings. The molecule has 1 aromatic heterocycles. The third-order valence-corrected chi connectivity index (χ3v) is 6.39. The van der Waals surface area contributed by atoms with E-state index < -0.39 is 5.92 Å². The number of thiazole rings is 1. The molecule has 0 aliphatic carbocycles. The first-order valence-electron chi connectivity index (χ1n) is 11.2. The van der Waals surface area contributed by atoms with Crippen molar-refractivity contribution in [3.05, 3.63) is 94.8 Å². The van der Waals surface area contributed by atoms with E-state index in [4.69, 9.17) is 9.47 Å². The van der Waals surface area contributed by atoms with Gasteiger partial charge in [-0.05, 0) is 43.2 Å². The maximum Gasteiger partial charge on any atom is 0.260 e. The molecule has 0 radical (unpaired) electrons. The monoisotopic (exact) mass is 460 g/mol. The Balaban J connectivity index is 1.80. The van der Waals surface area contributed by atoms with Crippen LogP contribution in [0.1, 0.15) is 30.9 Å². The second kappa shape index (κ2) is 11.1. The van der Waals surface area contributed by atoms with E-state index in [9.17, 15) is 4.79 Å². The summed E-state index contributed by atoms with van der Waals surface area (Å²) in [5, 5.41) is 0. The van der Waals surface area contributed by atoms with Gasteiger partial charge in [0, 0.05) is 13.2 Å². The molecule has 0 unspecified atom stereocenters. The zero-order chi connectivity index (χ0) is 23.0. The van der Waals surface area contributed by atoms with Crippen LogP contribution in [-0.2, 0) is 16.1 Å². The number of carbonyl (C=O) groups excluding carboxylic acids is 1. The van der Waals surface area contributed by atoms with Gasteiger partial charge in [-0.3, -0.25) is 4.79 Å². The van der Waals surface area contributed by atoms with Crippen LogP contribution in [0.5, 0.6) is 5.75 Å². The molecule has 4 rings (SSSR count). The summed E-state index contributed by atoms with van der Waals surface area (Å²) in [5.74, 6) is 0.165. The molecular weight excluding hydrogens is 432 g/mol. The van der Waals surface area contributed by atoms with Gasteiger partial charge in [0.2, 0.25) is 0 Å². The first-order chi connectivity index (χ1) is 16.2. The van der Waals surface area contributed by atoms with Gasteiger partial charge in [0.05, 0.1) is 29.3 Å². The Kier molecular flexibility index (Phi) is 7.70. The molecule has 0 aliphatic heterocycles. The van der Waals surface area contributed by atoms with Gasteiger partial charge in [-0.2, -0.15) is 4.99 Å². The third-order valence-electron chi connectivity index (χ3n) is 5.35. The lowest BCUT2D eigenvalue weighted by Crippen LogP contribution is -2.22. The van der Waals surface area contributed by atoms with Crippen molar-refractivity contribution in [1.82, 2.24) is 4.57 Å². The van der Waals surface area contributed by atoms with Gasteiger partial charge in [0.1, 0.15) is 5.75 Å². The number of hydrogen-bond acceptors (Lipinski definition) is 4. The molecule has 33 heavy (non-hydrogen) atoms. The topological polar surface area (TPSA) is 52.8 Å². The minimum Gasteiger partial charge on any atom is -0.494 e. The number of hydrogen-bond donors (Lipinski definition) is 0. The van der Waals surface area contributed by atoms with Gasteiger partial charge >= 0.3 is 0 Å². The lowest BCUT2D eigenvalue weighted by Gasteiger charge is -2.14. The molecule has 4 aromatic rings. The van der Waals surface area contributed by atoms with E-state index in [0.29, 0.717) is 31.2 Å². The molecule has 170 valence electrons. The van der Waals surface area contributed by atoms with Crippen molar-refractivity contribution in [1.29, 1.82) is 0 Å². The molecule has 3 aromatic carbocycles. The number of amides is 1. The molecule has 0 saturated carbocycles. The second-order valence-corrected chi connectivity index (χ2v) is 8.51. The van der Waals surface area contributed by atoms with E-state index in [1.54, 1.807) is 0 Å². The van der Waals surface area contributed by atoms with E-state index in [-0.39, 0.29) is 5.91 Å². The van der Waals surface area contributed by atoms with Gasteiger partial charge in [0.15, 0.2) is 4.80 Å². The van der Waals surface area contributed by atoms with Gasteiger partial charge in [-0.25, -0.2) is 0 Å². The highest BCUT2D eigenvalue weighted by atomic mass is 32.1. The van der Waals surface area contributed by atoms with Gasteiger partial charge in [0.25, 0.3) is 5.91 Å². The van der Waals surface area contributed by atoms with E-state index in [2.05, 4.69) is 9.56 Å². The standard InChI is InChI=1S/C27H28N2O3S/c1-3-31-18-17-29-23-16-15-22(32-4-2)19-24(23)33-27(29)28-26(30)25(20-11-7-5-8-12-20)21-13-9-6-10-14-21/h5-16,19,25H,3-4,17-18H2,1-2H3. The summed E-state index contributed by atoms with van der Waals surface area (Å²) in [5.41, 5.74) is 2.88. The number of nitrogens with zero attached hydrogens (tertiary/aromatic N) is 2. The SMILES string of the molecule is CCOCCn1c(=NC(=O)C(c2ccccc2)c2ccccc2)sc2cc(OCC)ccc21.